The van der Waals surface area contributed by atoms with E-state index in [0.717, 1.165) is 43.2 Å². The molecule has 0 spiro atoms. The van der Waals surface area contributed by atoms with Gasteiger partial charge in [0.2, 0.25) is 0 Å². The zero-order chi connectivity index (χ0) is 10.0. The fraction of sp³-hybridized carbons (Fsp3) is 0.417. The van der Waals surface area contributed by atoms with Crippen molar-refractivity contribution in [1.82, 2.24) is 0 Å². The highest BCUT2D eigenvalue weighted by Crippen LogP contribution is 2.39. The molecule has 2 heteroatoms. The molecule has 0 heterocycles. The molecule has 1 fully saturated rings. The second-order valence-corrected chi connectivity index (χ2v) is 4.10. The molecular weight excluding hydrogens is 174 g/mol. The van der Waals surface area contributed by atoms with E-state index in [2.05, 4.69) is 0 Å². The fourth-order valence-corrected chi connectivity index (χ4v) is 2.30. The molecule has 14 heavy (non-hydrogen) atoms. The highest BCUT2D eigenvalue weighted by atomic mass is 16.1. The lowest BCUT2D eigenvalue weighted by atomic mass is 9.80. The van der Waals surface area contributed by atoms with Crippen LogP contribution in [0.4, 0.5) is 5.69 Å². The fourth-order valence-electron chi connectivity index (χ4n) is 2.30. The van der Waals surface area contributed by atoms with Crippen molar-refractivity contribution in [1.29, 1.82) is 0 Å². The summed E-state index contributed by atoms with van der Waals surface area (Å²) >= 11 is 0. The van der Waals surface area contributed by atoms with Gasteiger partial charge in [-0.1, -0.05) is 25.0 Å². The number of anilines is 1. The van der Waals surface area contributed by atoms with Gasteiger partial charge in [-0.3, -0.25) is 0 Å². The Kier molecular flexibility index (Phi) is 2.28. The highest BCUT2D eigenvalue weighted by molar-refractivity contribution is 5.69. The number of carbonyl (C=O) groups is 1. The summed E-state index contributed by atoms with van der Waals surface area (Å²) in [6, 6.07) is 7.71. The minimum atomic E-state index is -0.215. The third-order valence-corrected chi connectivity index (χ3v) is 3.21. The van der Waals surface area contributed by atoms with Crippen LogP contribution >= 0.6 is 0 Å². The summed E-state index contributed by atoms with van der Waals surface area (Å²) in [5.41, 5.74) is 7.29. The summed E-state index contributed by atoms with van der Waals surface area (Å²) in [6.45, 7) is 0. The average molecular weight is 189 g/mol. The summed E-state index contributed by atoms with van der Waals surface area (Å²) in [4.78, 5) is 11.2. The lowest BCUT2D eigenvalue weighted by molar-refractivity contribution is -0.112. The third-order valence-electron chi connectivity index (χ3n) is 3.21. The smallest absolute Gasteiger partial charge is 0.130 e. The number of benzene rings is 1. The molecular formula is C12H15NO. The zero-order valence-corrected chi connectivity index (χ0v) is 8.20. The standard InChI is InChI=1S/C12H15NO/c13-11-5-3-10(4-6-11)12(9-14)7-1-2-8-12/h3-6,9H,1-2,7-8,13H2. The molecule has 1 saturated carbocycles. The summed E-state index contributed by atoms with van der Waals surface area (Å²) in [5, 5.41) is 0. The van der Waals surface area contributed by atoms with Crippen molar-refractivity contribution in [2.45, 2.75) is 31.1 Å². The quantitative estimate of drug-likeness (QED) is 0.573. The van der Waals surface area contributed by atoms with Crippen LogP contribution in [0.5, 0.6) is 0 Å². The number of nitrogens with two attached hydrogens (primary N) is 1. The minimum absolute atomic E-state index is 0.215. The lowest BCUT2D eigenvalue weighted by Gasteiger charge is -2.22. The van der Waals surface area contributed by atoms with Gasteiger partial charge in [-0.05, 0) is 30.5 Å². The summed E-state index contributed by atoms with van der Waals surface area (Å²) in [7, 11) is 0. The number of carbonyl (C=O) groups excluding carboxylic acids is 1. The lowest BCUT2D eigenvalue weighted by Crippen LogP contribution is -2.23. The van der Waals surface area contributed by atoms with Crippen LogP contribution in [0.3, 0.4) is 0 Å². The Labute approximate surface area is 84.1 Å². The summed E-state index contributed by atoms with van der Waals surface area (Å²) < 4.78 is 0. The maximum atomic E-state index is 11.2. The van der Waals surface area contributed by atoms with Crippen molar-refractivity contribution in [2.75, 3.05) is 5.73 Å². The Morgan fingerprint density at radius 3 is 2.21 bits per heavy atom. The second kappa shape index (κ2) is 3.45. The van der Waals surface area contributed by atoms with Crippen LogP contribution in [0, 0.1) is 0 Å². The maximum absolute atomic E-state index is 11.2. The first kappa shape index (κ1) is 9.25. The predicted molar refractivity (Wildman–Crippen MR) is 57.1 cm³/mol. The van der Waals surface area contributed by atoms with Crippen LogP contribution < -0.4 is 5.73 Å². The van der Waals surface area contributed by atoms with Crippen LogP contribution in [0.1, 0.15) is 31.2 Å². The topological polar surface area (TPSA) is 43.1 Å². The first-order chi connectivity index (χ1) is 6.77. The monoisotopic (exact) mass is 189 g/mol. The molecule has 0 unspecified atom stereocenters. The van der Waals surface area contributed by atoms with E-state index < -0.39 is 0 Å². The number of hydrogen-bond acceptors (Lipinski definition) is 2. The molecule has 0 amide bonds. The van der Waals surface area contributed by atoms with Crippen molar-refractivity contribution < 1.29 is 4.79 Å². The van der Waals surface area contributed by atoms with Crippen LogP contribution in [-0.4, -0.2) is 6.29 Å². The molecule has 1 aromatic rings. The molecule has 74 valence electrons. The van der Waals surface area contributed by atoms with Gasteiger partial charge in [0.05, 0.1) is 5.41 Å². The maximum Gasteiger partial charge on any atom is 0.130 e. The number of nitrogen functional groups attached to an aromatic ring is 1. The van der Waals surface area contributed by atoms with Crippen molar-refractivity contribution in [3.05, 3.63) is 29.8 Å². The predicted octanol–water partition coefficient (Wildman–Crippen LogP) is 2.28. The summed E-state index contributed by atoms with van der Waals surface area (Å²) in [5.74, 6) is 0. The Hall–Kier alpha value is -1.31. The van der Waals surface area contributed by atoms with E-state index >= 15 is 0 Å². The van der Waals surface area contributed by atoms with Crippen LogP contribution in [-0.2, 0) is 10.2 Å². The molecule has 0 bridgehead atoms. The van der Waals surface area contributed by atoms with Gasteiger partial charge in [0.25, 0.3) is 0 Å². The van der Waals surface area contributed by atoms with E-state index in [9.17, 15) is 4.79 Å². The summed E-state index contributed by atoms with van der Waals surface area (Å²) in [6.07, 6.45) is 5.40. The van der Waals surface area contributed by atoms with Gasteiger partial charge in [-0.25, -0.2) is 0 Å². The van der Waals surface area contributed by atoms with Gasteiger partial charge < -0.3 is 10.5 Å². The molecule has 1 aliphatic carbocycles. The normalized spacial score (nSPS) is 19.4. The van der Waals surface area contributed by atoms with Gasteiger partial charge in [0.1, 0.15) is 6.29 Å². The Morgan fingerprint density at radius 2 is 1.71 bits per heavy atom. The average Bonchev–Trinajstić information content (AvgIpc) is 2.68. The van der Waals surface area contributed by atoms with Crippen molar-refractivity contribution in [3.63, 3.8) is 0 Å². The molecule has 2 nitrogen and oxygen atoms in total. The van der Waals surface area contributed by atoms with Gasteiger partial charge >= 0.3 is 0 Å². The van der Waals surface area contributed by atoms with Gasteiger partial charge in [-0.2, -0.15) is 0 Å². The van der Waals surface area contributed by atoms with E-state index in [1.54, 1.807) is 0 Å². The molecule has 0 aliphatic heterocycles. The van der Waals surface area contributed by atoms with Crippen LogP contribution in [0.15, 0.2) is 24.3 Å². The van der Waals surface area contributed by atoms with Crippen LogP contribution in [0.25, 0.3) is 0 Å². The zero-order valence-electron chi connectivity index (χ0n) is 8.20. The first-order valence-corrected chi connectivity index (χ1v) is 5.09. The van der Waals surface area contributed by atoms with Gasteiger partial charge in [0, 0.05) is 5.69 Å². The molecule has 2 rings (SSSR count). The molecule has 2 N–H and O–H groups in total. The third kappa shape index (κ3) is 1.41. The van der Waals surface area contributed by atoms with E-state index in [4.69, 9.17) is 5.73 Å². The second-order valence-electron chi connectivity index (χ2n) is 4.10. The molecule has 0 atom stereocenters. The highest BCUT2D eigenvalue weighted by Gasteiger charge is 2.34. The van der Waals surface area contributed by atoms with E-state index in [-0.39, 0.29) is 5.41 Å². The number of rotatable bonds is 2. The SMILES string of the molecule is Nc1ccc(C2(C=O)CCCC2)cc1. The van der Waals surface area contributed by atoms with E-state index in [0.29, 0.717) is 0 Å². The van der Waals surface area contributed by atoms with E-state index in [1.165, 1.54) is 0 Å². The molecule has 1 aromatic carbocycles. The van der Waals surface area contributed by atoms with Crippen molar-refractivity contribution in [3.8, 4) is 0 Å². The minimum Gasteiger partial charge on any atom is -0.399 e. The Bertz CT molecular complexity index is 323. The van der Waals surface area contributed by atoms with Crippen molar-refractivity contribution >= 4 is 12.0 Å². The van der Waals surface area contributed by atoms with Gasteiger partial charge in [0.15, 0.2) is 0 Å². The number of hydrogen-bond donors (Lipinski definition) is 1. The largest absolute Gasteiger partial charge is 0.399 e. The molecule has 1 aliphatic rings. The first-order valence-electron chi connectivity index (χ1n) is 5.09. The van der Waals surface area contributed by atoms with Crippen molar-refractivity contribution in [2.24, 2.45) is 0 Å². The molecule has 0 radical (unpaired) electrons. The Morgan fingerprint density at radius 1 is 1.14 bits per heavy atom. The van der Waals surface area contributed by atoms with Gasteiger partial charge in [-0.15, -0.1) is 0 Å². The Balaban J connectivity index is 2.36. The van der Waals surface area contributed by atoms with Crippen LogP contribution in [0.2, 0.25) is 0 Å². The van der Waals surface area contributed by atoms with E-state index in [1.807, 2.05) is 24.3 Å². The molecule has 0 saturated heterocycles. The number of aldehydes is 1. The molecule has 0 aromatic heterocycles.